The molecule has 0 aliphatic carbocycles. The molecule has 2 aromatic rings. The van der Waals surface area contributed by atoms with E-state index in [0.717, 1.165) is 5.69 Å². The van der Waals surface area contributed by atoms with Crippen molar-refractivity contribution in [3.63, 3.8) is 0 Å². The minimum atomic E-state index is -0.125. The molecule has 5 heteroatoms. The van der Waals surface area contributed by atoms with Crippen LogP contribution in [0.3, 0.4) is 0 Å². The highest BCUT2D eigenvalue weighted by molar-refractivity contribution is 5.93. The summed E-state index contributed by atoms with van der Waals surface area (Å²) in [5.74, 6) is 0.583. The molecule has 5 nitrogen and oxygen atoms in total. The predicted molar refractivity (Wildman–Crippen MR) is 72.8 cm³/mol. The molecule has 2 aromatic heterocycles. The maximum atomic E-state index is 12.2. The molecule has 0 aromatic carbocycles. The molecular weight excluding hydrogens is 242 g/mol. The average Bonchev–Trinajstić information content (AvgIpc) is 3.06. The molecule has 2 heterocycles. The van der Waals surface area contributed by atoms with Crippen LogP contribution in [-0.2, 0) is 6.54 Å². The smallest absolute Gasteiger partial charge is 0.274 e. The lowest BCUT2D eigenvalue weighted by molar-refractivity contribution is 0.0803. The molecule has 0 aliphatic heterocycles. The number of aromatic nitrogens is 2. The first kappa shape index (κ1) is 13.1. The number of nitrogens with zero attached hydrogens (tertiary/aromatic N) is 3. The number of carbonyl (C=O) groups is 1. The molecule has 0 bridgehead atoms. The van der Waals surface area contributed by atoms with Gasteiger partial charge in [-0.1, -0.05) is 6.08 Å². The van der Waals surface area contributed by atoms with Gasteiger partial charge in [0.25, 0.3) is 5.91 Å². The summed E-state index contributed by atoms with van der Waals surface area (Å²) >= 11 is 0. The van der Waals surface area contributed by atoms with E-state index in [2.05, 4.69) is 11.7 Å². The predicted octanol–water partition coefficient (Wildman–Crippen LogP) is 2.42. The summed E-state index contributed by atoms with van der Waals surface area (Å²) in [6.07, 6.45) is 3.29. The molecule has 0 N–H and O–H groups in total. The van der Waals surface area contributed by atoms with Gasteiger partial charge in [-0.3, -0.25) is 9.48 Å². The van der Waals surface area contributed by atoms with Gasteiger partial charge in [0.15, 0.2) is 11.5 Å². The summed E-state index contributed by atoms with van der Waals surface area (Å²) in [6, 6.07) is 5.42. The number of likely N-dealkylation sites (N-methyl/N-ethyl adjacent to an activating group) is 1. The van der Waals surface area contributed by atoms with Gasteiger partial charge in [0, 0.05) is 26.2 Å². The van der Waals surface area contributed by atoms with E-state index in [-0.39, 0.29) is 5.91 Å². The number of aryl methyl sites for hydroxylation is 1. The Labute approximate surface area is 112 Å². The van der Waals surface area contributed by atoms with E-state index in [4.69, 9.17) is 4.42 Å². The second-order valence-corrected chi connectivity index (χ2v) is 4.18. The molecule has 0 unspecified atom stereocenters. The molecular formula is C14H17N3O2. The van der Waals surface area contributed by atoms with Crippen LogP contribution in [0.5, 0.6) is 0 Å². The van der Waals surface area contributed by atoms with Crippen molar-refractivity contribution in [3.8, 4) is 11.5 Å². The normalized spacial score (nSPS) is 10.4. The maximum Gasteiger partial charge on any atom is 0.274 e. The SMILES string of the molecule is C=CCN(C)C(=O)c1cc(-c2ccco2)n(CC)n1. The number of hydrogen-bond acceptors (Lipinski definition) is 3. The van der Waals surface area contributed by atoms with Crippen molar-refractivity contribution < 1.29 is 9.21 Å². The fourth-order valence-corrected chi connectivity index (χ4v) is 1.86. The minimum Gasteiger partial charge on any atom is -0.463 e. The second-order valence-electron chi connectivity index (χ2n) is 4.18. The zero-order valence-corrected chi connectivity index (χ0v) is 11.2. The molecule has 19 heavy (non-hydrogen) atoms. The van der Waals surface area contributed by atoms with E-state index in [1.807, 2.05) is 19.1 Å². The highest BCUT2D eigenvalue weighted by atomic mass is 16.3. The molecule has 0 saturated heterocycles. The van der Waals surface area contributed by atoms with Gasteiger partial charge in [-0.05, 0) is 19.1 Å². The first-order chi connectivity index (χ1) is 9.17. The summed E-state index contributed by atoms with van der Waals surface area (Å²) in [6.45, 7) is 6.76. The molecule has 1 amide bonds. The van der Waals surface area contributed by atoms with E-state index < -0.39 is 0 Å². The summed E-state index contributed by atoms with van der Waals surface area (Å²) < 4.78 is 7.12. The Morgan fingerprint density at radius 3 is 3.00 bits per heavy atom. The van der Waals surface area contributed by atoms with Gasteiger partial charge in [-0.25, -0.2) is 0 Å². The van der Waals surface area contributed by atoms with Crippen LogP contribution in [0.1, 0.15) is 17.4 Å². The lowest BCUT2D eigenvalue weighted by Crippen LogP contribution is -2.27. The number of hydrogen-bond donors (Lipinski definition) is 0. The largest absolute Gasteiger partial charge is 0.463 e. The number of amides is 1. The Morgan fingerprint density at radius 1 is 1.63 bits per heavy atom. The lowest BCUT2D eigenvalue weighted by Gasteiger charge is -2.12. The quantitative estimate of drug-likeness (QED) is 0.775. The van der Waals surface area contributed by atoms with Crippen LogP contribution in [0.15, 0.2) is 41.5 Å². The molecule has 2 rings (SSSR count). The van der Waals surface area contributed by atoms with Crippen molar-refractivity contribution in [2.75, 3.05) is 13.6 Å². The standard InChI is InChI=1S/C14H17N3O2/c1-4-8-16(3)14(18)11-10-12(17(5-2)15-11)13-7-6-9-19-13/h4,6-7,9-10H,1,5,8H2,2-3H3. The Bertz CT molecular complexity index is 570. The molecule has 0 fully saturated rings. The van der Waals surface area contributed by atoms with E-state index in [1.165, 1.54) is 0 Å². The number of rotatable bonds is 5. The molecule has 0 radical (unpaired) electrons. The Hall–Kier alpha value is -2.30. The van der Waals surface area contributed by atoms with E-state index in [9.17, 15) is 4.79 Å². The van der Waals surface area contributed by atoms with Crippen LogP contribution >= 0.6 is 0 Å². The van der Waals surface area contributed by atoms with E-state index in [0.29, 0.717) is 24.5 Å². The summed E-state index contributed by atoms with van der Waals surface area (Å²) in [7, 11) is 1.72. The van der Waals surface area contributed by atoms with Gasteiger partial charge >= 0.3 is 0 Å². The first-order valence-electron chi connectivity index (χ1n) is 6.15. The average molecular weight is 259 g/mol. The molecule has 100 valence electrons. The van der Waals surface area contributed by atoms with Crippen LogP contribution < -0.4 is 0 Å². The van der Waals surface area contributed by atoms with Gasteiger partial charge in [-0.2, -0.15) is 5.10 Å². The van der Waals surface area contributed by atoms with Crippen LogP contribution in [0.4, 0.5) is 0 Å². The molecule has 0 atom stereocenters. The van der Waals surface area contributed by atoms with Crippen molar-refractivity contribution in [2.24, 2.45) is 0 Å². The van der Waals surface area contributed by atoms with E-state index >= 15 is 0 Å². The van der Waals surface area contributed by atoms with Crippen molar-refractivity contribution in [2.45, 2.75) is 13.5 Å². The highest BCUT2D eigenvalue weighted by Crippen LogP contribution is 2.21. The highest BCUT2D eigenvalue weighted by Gasteiger charge is 2.18. The third-order valence-corrected chi connectivity index (χ3v) is 2.82. The van der Waals surface area contributed by atoms with Crippen LogP contribution in [0.2, 0.25) is 0 Å². The van der Waals surface area contributed by atoms with Crippen molar-refractivity contribution in [3.05, 3.63) is 42.8 Å². The Balaban J connectivity index is 2.34. The Morgan fingerprint density at radius 2 is 2.42 bits per heavy atom. The second kappa shape index (κ2) is 5.56. The lowest BCUT2D eigenvalue weighted by atomic mass is 10.2. The zero-order valence-electron chi connectivity index (χ0n) is 11.2. The fourth-order valence-electron chi connectivity index (χ4n) is 1.86. The molecule has 0 saturated carbocycles. The maximum absolute atomic E-state index is 12.2. The molecule has 0 aliphatic rings. The molecule has 0 spiro atoms. The first-order valence-corrected chi connectivity index (χ1v) is 6.15. The van der Waals surface area contributed by atoms with Crippen LogP contribution in [0, 0.1) is 0 Å². The fraction of sp³-hybridized carbons (Fsp3) is 0.286. The van der Waals surface area contributed by atoms with Gasteiger partial charge in [0.2, 0.25) is 0 Å². The monoisotopic (exact) mass is 259 g/mol. The van der Waals surface area contributed by atoms with Crippen LogP contribution in [0.25, 0.3) is 11.5 Å². The third-order valence-electron chi connectivity index (χ3n) is 2.82. The van der Waals surface area contributed by atoms with E-state index in [1.54, 1.807) is 35.0 Å². The minimum absolute atomic E-state index is 0.125. The topological polar surface area (TPSA) is 51.3 Å². The number of carbonyl (C=O) groups excluding carboxylic acids is 1. The van der Waals surface area contributed by atoms with Gasteiger partial charge in [-0.15, -0.1) is 6.58 Å². The number of furan rings is 1. The van der Waals surface area contributed by atoms with Crippen LogP contribution in [-0.4, -0.2) is 34.2 Å². The van der Waals surface area contributed by atoms with Crippen molar-refractivity contribution in [1.82, 2.24) is 14.7 Å². The summed E-state index contributed by atoms with van der Waals surface area (Å²) in [5.41, 5.74) is 1.22. The Kier molecular flexibility index (Phi) is 3.85. The van der Waals surface area contributed by atoms with Gasteiger partial charge in [0.1, 0.15) is 5.69 Å². The van der Waals surface area contributed by atoms with Gasteiger partial charge in [0.05, 0.1) is 6.26 Å². The zero-order chi connectivity index (χ0) is 13.8. The van der Waals surface area contributed by atoms with Crippen molar-refractivity contribution >= 4 is 5.91 Å². The van der Waals surface area contributed by atoms with Gasteiger partial charge < -0.3 is 9.32 Å². The summed E-state index contributed by atoms with van der Waals surface area (Å²) in [4.78, 5) is 13.7. The third kappa shape index (κ3) is 2.59. The summed E-state index contributed by atoms with van der Waals surface area (Å²) in [5, 5.41) is 4.32. The van der Waals surface area contributed by atoms with Crippen molar-refractivity contribution in [1.29, 1.82) is 0 Å².